The highest BCUT2D eigenvalue weighted by atomic mass is 19.4. The quantitative estimate of drug-likeness (QED) is 0.881. The number of hydrogen-bond acceptors (Lipinski definition) is 3. The molecule has 1 rings (SSSR count). The molecule has 0 saturated carbocycles. The summed E-state index contributed by atoms with van der Waals surface area (Å²) >= 11 is 0. The van der Waals surface area contributed by atoms with Crippen LogP contribution in [0.2, 0.25) is 0 Å². The van der Waals surface area contributed by atoms with Crippen molar-refractivity contribution in [2.45, 2.75) is 33.0 Å². The van der Waals surface area contributed by atoms with Crippen LogP contribution in [-0.4, -0.2) is 30.3 Å². The SMILES string of the molecule is CCNc1cncc(N(CC(F)(F)F)C(C)C)c1. The van der Waals surface area contributed by atoms with E-state index in [1.54, 1.807) is 26.1 Å². The number of pyridine rings is 1. The predicted molar refractivity (Wildman–Crippen MR) is 66.9 cm³/mol. The van der Waals surface area contributed by atoms with Crippen molar-refractivity contribution in [2.24, 2.45) is 0 Å². The van der Waals surface area contributed by atoms with E-state index >= 15 is 0 Å². The molecule has 0 radical (unpaired) electrons. The van der Waals surface area contributed by atoms with Gasteiger partial charge in [0.25, 0.3) is 0 Å². The summed E-state index contributed by atoms with van der Waals surface area (Å²) in [6, 6.07) is 1.44. The average molecular weight is 261 g/mol. The fourth-order valence-corrected chi connectivity index (χ4v) is 1.65. The number of nitrogens with one attached hydrogen (secondary N) is 1. The molecule has 0 amide bonds. The van der Waals surface area contributed by atoms with E-state index in [0.29, 0.717) is 12.2 Å². The first-order valence-electron chi connectivity index (χ1n) is 5.85. The lowest BCUT2D eigenvalue weighted by Gasteiger charge is -2.29. The Hall–Kier alpha value is -1.46. The Morgan fingerprint density at radius 2 is 2.00 bits per heavy atom. The number of nitrogens with zero attached hydrogens (tertiary/aromatic N) is 2. The van der Waals surface area contributed by atoms with Gasteiger partial charge in [-0.25, -0.2) is 0 Å². The largest absolute Gasteiger partial charge is 0.405 e. The van der Waals surface area contributed by atoms with Gasteiger partial charge in [0.05, 0.1) is 23.8 Å². The second kappa shape index (κ2) is 5.93. The van der Waals surface area contributed by atoms with Gasteiger partial charge in [0.1, 0.15) is 6.54 Å². The molecule has 0 atom stereocenters. The second-order valence-electron chi connectivity index (χ2n) is 4.30. The van der Waals surface area contributed by atoms with E-state index < -0.39 is 12.7 Å². The minimum absolute atomic E-state index is 0.245. The molecule has 0 unspecified atom stereocenters. The van der Waals surface area contributed by atoms with Crippen molar-refractivity contribution < 1.29 is 13.2 Å². The van der Waals surface area contributed by atoms with Crippen LogP contribution in [0.4, 0.5) is 24.5 Å². The minimum atomic E-state index is -4.22. The van der Waals surface area contributed by atoms with Crippen molar-refractivity contribution in [3.63, 3.8) is 0 Å². The molecule has 102 valence electrons. The lowest BCUT2D eigenvalue weighted by molar-refractivity contribution is -0.120. The highest BCUT2D eigenvalue weighted by molar-refractivity contribution is 5.56. The van der Waals surface area contributed by atoms with Crippen LogP contribution in [-0.2, 0) is 0 Å². The number of halogens is 3. The van der Waals surface area contributed by atoms with Crippen LogP contribution in [0.1, 0.15) is 20.8 Å². The van der Waals surface area contributed by atoms with Crippen LogP contribution in [0.15, 0.2) is 18.5 Å². The fraction of sp³-hybridized carbons (Fsp3) is 0.583. The fourth-order valence-electron chi connectivity index (χ4n) is 1.65. The summed E-state index contributed by atoms with van der Waals surface area (Å²) < 4.78 is 37.6. The molecule has 0 spiro atoms. The molecule has 0 fully saturated rings. The Labute approximate surface area is 105 Å². The third-order valence-corrected chi connectivity index (χ3v) is 2.41. The molecule has 1 aromatic rings. The Bertz CT molecular complexity index is 377. The maximum absolute atomic E-state index is 12.5. The van der Waals surface area contributed by atoms with E-state index in [2.05, 4.69) is 10.3 Å². The van der Waals surface area contributed by atoms with E-state index in [0.717, 1.165) is 5.69 Å². The molecular weight excluding hydrogens is 243 g/mol. The maximum atomic E-state index is 12.5. The van der Waals surface area contributed by atoms with Gasteiger partial charge in [0.15, 0.2) is 0 Å². The van der Waals surface area contributed by atoms with Crippen molar-refractivity contribution in [1.82, 2.24) is 4.98 Å². The van der Waals surface area contributed by atoms with Crippen molar-refractivity contribution in [3.8, 4) is 0 Å². The highest BCUT2D eigenvalue weighted by Gasteiger charge is 2.32. The van der Waals surface area contributed by atoms with Crippen molar-refractivity contribution >= 4 is 11.4 Å². The van der Waals surface area contributed by atoms with Crippen LogP contribution < -0.4 is 10.2 Å². The van der Waals surface area contributed by atoms with Gasteiger partial charge >= 0.3 is 6.18 Å². The smallest absolute Gasteiger partial charge is 0.384 e. The third-order valence-electron chi connectivity index (χ3n) is 2.41. The van der Waals surface area contributed by atoms with Crippen LogP contribution in [0.5, 0.6) is 0 Å². The third kappa shape index (κ3) is 4.43. The molecule has 3 nitrogen and oxygen atoms in total. The highest BCUT2D eigenvalue weighted by Crippen LogP contribution is 2.25. The summed E-state index contributed by atoms with van der Waals surface area (Å²) in [7, 11) is 0. The van der Waals surface area contributed by atoms with Crippen LogP contribution >= 0.6 is 0 Å². The number of rotatable bonds is 5. The van der Waals surface area contributed by atoms with E-state index in [-0.39, 0.29) is 6.04 Å². The first-order valence-corrected chi connectivity index (χ1v) is 5.85. The first kappa shape index (κ1) is 14.6. The summed E-state index contributed by atoms with van der Waals surface area (Å²) in [5.74, 6) is 0. The molecular formula is C12H18F3N3. The number of aromatic nitrogens is 1. The van der Waals surface area contributed by atoms with E-state index in [1.807, 2.05) is 6.92 Å². The molecule has 1 heterocycles. The van der Waals surface area contributed by atoms with Gasteiger partial charge in [-0.2, -0.15) is 13.2 Å². The predicted octanol–water partition coefficient (Wildman–Crippen LogP) is 3.29. The molecule has 0 aliphatic heterocycles. The van der Waals surface area contributed by atoms with Crippen molar-refractivity contribution in [3.05, 3.63) is 18.5 Å². The Morgan fingerprint density at radius 1 is 1.33 bits per heavy atom. The summed E-state index contributed by atoms with van der Waals surface area (Å²) in [6.07, 6.45) is -1.18. The molecule has 0 aliphatic rings. The number of anilines is 2. The van der Waals surface area contributed by atoms with Gasteiger partial charge in [-0.05, 0) is 26.8 Å². The van der Waals surface area contributed by atoms with Gasteiger partial charge in [-0.15, -0.1) is 0 Å². The number of hydrogen-bond donors (Lipinski definition) is 1. The molecule has 6 heteroatoms. The molecule has 1 aromatic heterocycles. The number of alkyl halides is 3. The van der Waals surface area contributed by atoms with Crippen LogP contribution in [0, 0.1) is 0 Å². The summed E-state index contributed by atoms with van der Waals surface area (Å²) in [6.45, 7) is 5.11. The topological polar surface area (TPSA) is 28.2 Å². The van der Waals surface area contributed by atoms with Crippen LogP contribution in [0.3, 0.4) is 0 Å². The van der Waals surface area contributed by atoms with Gasteiger partial charge in [-0.1, -0.05) is 0 Å². The standard InChI is InChI=1S/C12H18F3N3/c1-4-17-10-5-11(7-16-6-10)18(9(2)3)8-12(13,14)15/h5-7,9,17H,4,8H2,1-3H3. The van der Waals surface area contributed by atoms with E-state index in [1.165, 1.54) is 11.1 Å². The molecule has 1 N–H and O–H groups in total. The maximum Gasteiger partial charge on any atom is 0.405 e. The Kier molecular flexibility index (Phi) is 4.81. The lowest BCUT2D eigenvalue weighted by Crippen LogP contribution is -2.39. The van der Waals surface area contributed by atoms with E-state index in [4.69, 9.17) is 0 Å². The monoisotopic (exact) mass is 261 g/mol. The molecule has 18 heavy (non-hydrogen) atoms. The molecule has 0 aromatic carbocycles. The van der Waals surface area contributed by atoms with Gasteiger partial charge in [-0.3, -0.25) is 4.98 Å². The zero-order chi connectivity index (χ0) is 13.8. The van der Waals surface area contributed by atoms with Crippen LogP contribution in [0.25, 0.3) is 0 Å². The van der Waals surface area contributed by atoms with Gasteiger partial charge in [0.2, 0.25) is 0 Å². The molecule has 0 aliphatic carbocycles. The van der Waals surface area contributed by atoms with Crippen molar-refractivity contribution in [2.75, 3.05) is 23.3 Å². The van der Waals surface area contributed by atoms with E-state index in [9.17, 15) is 13.2 Å². The average Bonchev–Trinajstić information content (AvgIpc) is 2.25. The lowest BCUT2D eigenvalue weighted by atomic mass is 10.2. The molecule has 0 bridgehead atoms. The summed E-state index contributed by atoms with van der Waals surface area (Å²) in [4.78, 5) is 5.25. The molecule has 0 saturated heterocycles. The normalized spacial score (nSPS) is 11.7. The van der Waals surface area contributed by atoms with Gasteiger partial charge < -0.3 is 10.2 Å². The first-order chi connectivity index (χ1) is 8.33. The summed E-state index contributed by atoms with van der Waals surface area (Å²) in [5.41, 5.74) is 1.20. The summed E-state index contributed by atoms with van der Waals surface area (Å²) in [5, 5.41) is 3.03. The zero-order valence-corrected chi connectivity index (χ0v) is 10.8. The Morgan fingerprint density at radius 3 is 2.50 bits per heavy atom. The minimum Gasteiger partial charge on any atom is -0.384 e. The van der Waals surface area contributed by atoms with Gasteiger partial charge in [0, 0.05) is 12.6 Å². The van der Waals surface area contributed by atoms with Crippen molar-refractivity contribution in [1.29, 1.82) is 0 Å². The Balaban J connectivity index is 2.95. The zero-order valence-electron chi connectivity index (χ0n) is 10.8. The second-order valence-corrected chi connectivity index (χ2v) is 4.30.